The molecule has 2 heteroatoms. The fraction of sp³-hybridized carbons (Fsp3) is 0.900. The van der Waals surface area contributed by atoms with Gasteiger partial charge in [0.15, 0.2) is 0 Å². The summed E-state index contributed by atoms with van der Waals surface area (Å²) >= 11 is 3.50. The number of rotatable bonds is 4. The minimum atomic E-state index is -0.459. The van der Waals surface area contributed by atoms with E-state index in [2.05, 4.69) is 56.6 Å². The molecule has 1 N–H and O–H groups in total. The average molecular weight is 371 g/mol. The first kappa shape index (κ1) is 18.5. The molecule has 0 radical (unpaired) electrons. The van der Waals surface area contributed by atoms with Crippen LogP contribution in [0.5, 0.6) is 0 Å². The molecule has 2 aliphatic rings. The van der Waals surface area contributed by atoms with Gasteiger partial charge >= 0.3 is 0 Å². The lowest BCUT2D eigenvalue weighted by atomic mass is 9.45. The molecule has 0 aliphatic heterocycles. The highest BCUT2D eigenvalue weighted by Crippen LogP contribution is 2.62. The Kier molecular flexibility index (Phi) is 5.55. The maximum atomic E-state index is 11.6. The molecule has 2 saturated carbocycles. The van der Waals surface area contributed by atoms with Crippen LogP contribution in [0.2, 0.25) is 0 Å². The summed E-state index contributed by atoms with van der Waals surface area (Å²) in [7, 11) is 0. The Hall–Kier alpha value is 0.180. The molecule has 0 amide bonds. The van der Waals surface area contributed by atoms with Crippen molar-refractivity contribution in [3.05, 3.63) is 11.6 Å². The molecule has 0 heterocycles. The number of hydrogen-bond acceptors (Lipinski definition) is 1. The Morgan fingerprint density at radius 1 is 1.23 bits per heavy atom. The predicted octanol–water partition coefficient (Wildman–Crippen LogP) is 6.10. The first-order valence-electron chi connectivity index (χ1n) is 9.11. The zero-order valence-electron chi connectivity index (χ0n) is 15.2. The molecule has 2 rings (SSSR count). The molecule has 2 aliphatic carbocycles. The van der Waals surface area contributed by atoms with Crippen molar-refractivity contribution in [2.24, 2.45) is 22.7 Å². The summed E-state index contributed by atoms with van der Waals surface area (Å²) in [6, 6.07) is 0. The van der Waals surface area contributed by atoms with Crippen LogP contribution in [0.1, 0.15) is 79.6 Å². The maximum Gasteiger partial charge on any atom is 0.0731 e. The lowest BCUT2D eigenvalue weighted by Crippen LogP contribution is -2.62. The van der Waals surface area contributed by atoms with Crippen LogP contribution in [0.25, 0.3) is 0 Å². The highest BCUT2D eigenvalue weighted by molar-refractivity contribution is 9.09. The number of alkyl halides is 1. The Morgan fingerprint density at radius 2 is 1.91 bits per heavy atom. The van der Waals surface area contributed by atoms with E-state index in [1.54, 1.807) is 0 Å². The topological polar surface area (TPSA) is 20.2 Å². The molecule has 0 aromatic carbocycles. The van der Waals surface area contributed by atoms with Crippen molar-refractivity contribution >= 4 is 15.9 Å². The summed E-state index contributed by atoms with van der Waals surface area (Å²) in [5, 5.41) is 12.6. The van der Waals surface area contributed by atoms with Gasteiger partial charge in [0.25, 0.3) is 0 Å². The van der Waals surface area contributed by atoms with Gasteiger partial charge in [0, 0.05) is 5.33 Å². The van der Waals surface area contributed by atoms with E-state index < -0.39 is 5.60 Å². The van der Waals surface area contributed by atoms with Gasteiger partial charge in [-0.25, -0.2) is 0 Å². The molecule has 0 bridgehead atoms. The molecule has 1 nitrogen and oxygen atoms in total. The van der Waals surface area contributed by atoms with Crippen LogP contribution < -0.4 is 0 Å². The fourth-order valence-corrected chi connectivity index (χ4v) is 5.85. The van der Waals surface area contributed by atoms with E-state index in [9.17, 15) is 5.11 Å². The SMILES string of the molecule is C/C(=C\CBr)CC[C@@]1(C)[C@H](C)CC[C@]2(O)[C@@H]1CCCC2(C)C. The van der Waals surface area contributed by atoms with E-state index in [0.717, 1.165) is 11.8 Å². The standard InChI is InChI=1S/C20H35BrO/c1-15(10-14-21)8-12-19(5)16(2)9-13-20(22)17(19)7-6-11-18(20,3)4/h10,16-17,22H,6-9,11-14H2,1-5H3/b15-10+/t16-,17-,19+,20+/m1/s1. The fourth-order valence-electron chi connectivity index (χ4n) is 5.29. The molecule has 0 saturated heterocycles. The molecule has 0 aromatic rings. The van der Waals surface area contributed by atoms with Crippen LogP contribution in [0.4, 0.5) is 0 Å². The summed E-state index contributed by atoms with van der Waals surface area (Å²) in [4.78, 5) is 0. The molecule has 22 heavy (non-hydrogen) atoms. The van der Waals surface area contributed by atoms with Crippen LogP contribution in [0.15, 0.2) is 11.6 Å². The van der Waals surface area contributed by atoms with E-state index in [4.69, 9.17) is 0 Å². The molecular formula is C20H35BrO. The largest absolute Gasteiger partial charge is 0.389 e. The predicted molar refractivity (Wildman–Crippen MR) is 99.4 cm³/mol. The summed E-state index contributed by atoms with van der Waals surface area (Å²) in [5.74, 6) is 1.17. The maximum absolute atomic E-state index is 11.6. The molecule has 2 fully saturated rings. The van der Waals surface area contributed by atoms with Gasteiger partial charge in [-0.1, -0.05) is 61.7 Å². The highest BCUT2D eigenvalue weighted by Gasteiger charge is 2.60. The summed E-state index contributed by atoms with van der Waals surface area (Å²) in [5.41, 5.74) is 1.36. The Bertz CT molecular complexity index is 427. The molecule has 0 aromatic heterocycles. The van der Waals surface area contributed by atoms with Gasteiger partial charge in [-0.15, -0.1) is 0 Å². The first-order valence-corrected chi connectivity index (χ1v) is 10.2. The van der Waals surface area contributed by atoms with Crippen molar-refractivity contribution in [3.63, 3.8) is 0 Å². The minimum absolute atomic E-state index is 0.0675. The Balaban J connectivity index is 2.26. The zero-order chi connectivity index (χ0) is 16.6. The van der Waals surface area contributed by atoms with Crippen LogP contribution >= 0.6 is 15.9 Å². The molecule has 4 atom stereocenters. The second-order valence-corrected chi connectivity index (χ2v) is 9.55. The van der Waals surface area contributed by atoms with Gasteiger partial charge in [-0.3, -0.25) is 0 Å². The third-order valence-electron chi connectivity index (χ3n) is 7.41. The van der Waals surface area contributed by atoms with Crippen LogP contribution in [0.3, 0.4) is 0 Å². The first-order chi connectivity index (χ1) is 10.2. The van der Waals surface area contributed by atoms with Crippen molar-refractivity contribution in [2.75, 3.05) is 5.33 Å². The van der Waals surface area contributed by atoms with Gasteiger partial charge in [0.2, 0.25) is 0 Å². The van der Waals surface area contributed by atoms with Crippen molar-refractivity contribution in [1.29, 1.82) is 0 Å². The van der Waals surface area contributed by atoms with Crippen LogP contribution in [0, 0.1) is 22.7 Å². The van der Waals surface area contributed by atoms with Gasteiger partial charge in [0.05, 0.1) is 5.60 Å². The third-order valence-corrected chi connectivity index (χ3v) is 7.73. The van der Waals surface area contributed by atoms with Gasteiger partial charge < -0.3 is 5.11 Å². The second-order valence-electron chi connectivity index (χ2n) is 8.90. The lowest BCUT2D eigenvalue weighted by Gasteiger charge is -2.62. The van der Waals surface area contributed by atoms with Crippen molar-refractivity contribution in [1.82, 2.24) is 0 Å². The van der Waals surface area contributed by atoms with Crippen molar-refractivity contribution < 1.29 is 5.11 Å². The monoisotopic (exact) mass is 370 g/mol. The summed E-state index contributed by atoms with van der Waals surface area (Å²) < 4.78 is 0. The van der Waals surface area contributed by atoms with E-state index in [-0.39, 0.29) is 10.8 Å². The van der Waals surface area contributed by atoms with E-state index >= 15 is 0 Å². The average Bonchev–Trinajstić information content (AvgIpc) is 2.44. The number of fused-ring (bicyclic) bond motifs is 1. The van der Waals surface area contributed by atoms with E-state index in [0.29, 0.717) is 11.8 Å². The third kappa shape index (κ3) is 3.07. The van der Waals surface area contributed by atoms with E-state index in [1.165, 1.54) is 44.1 Å². The number of allylic oxidation sites excluding steroid dienone is 2. The van der Waals surface area contributed by atoms with E-state index in [1.807, 2.05) is 0 Å². The van der Waals surface area contributed by atoms with Crippen molar-refractivity contribution in [3.8, 4) is 0 Å². The Labute approximate surface area is 146 Å². The van der Waals surface area contributed by atoms with Crippen molar-refractivity contribution in [2.45, 2.75) is 85.2 Å². The van der Waals surface area contributed by atoms with Crippen LogP contribution in [-0.4, -0.2) is 16.0 Å². The normalized spacial score (nSPS) is 42.0. The lowest BCUT2D eigenvalue weighted by molar-refractivity contribution is -0.212. The second kappa shape index (κ2) is 6.59. The van der Waals surface area contributed by atoms with Gasteiger partial charge in [-0.2, -0.15) is 0 Å². The Morgan fingerprint density at radius 3 is 2.55 bits per heavy atom. The summed E-state index contributed by atoms with van der Waals surface area (Å²) in [6.45, 7) is 11.7. The number of hydrogen-bond donors (Lipinski definition) is 1. The smallest absolute Gasteiger partial charge is 0.0731 e. The molecule has 128 valence electrons. The van der Waals surface area contributed by atoms with Crippen LogP contribution in [-0.2, 0) is 0 Å². The highest BCUT2D eigenvalue weighted by atomic mass is 79.9. The number of halogens is 1. The minimum Gasteiger partial charge on any atom is -0.389 e. The van der Waals surface area contributed by atoms with Gasteiger partial charge in [-0.05, 0) is 68.1 Å². The molecule has 0 spiro atoms. The molecular weight excluding hydrogens is 336 g/mol. The molecule has 0 unspecified atom stereocenters. The summed E-state index contributed by atoms with van der Waals surface area (Å²) in [6.07, 6.45) is 10.5. The quantitative estimate of drug-likeness (QED) is 0.467. The zero-order valence-corrected chi connectivity index (χ0v) is 16.8. The van der Waals surface area contributed by atoms with Gasteiger partial charge in [0.1, 0.15) is 0 Å². The number of aliphatic hydroxyl groups is 1.